The van der Waals surface area contributed by atoms with Crippen LogP contribution in [0.3, 0.4) is 0 Å². The standard InChI is InChI=1S/C17H25N3O3/c1-19-8-6-17(11-19)7-9-20(12-17)16(21)18-13-4-5-14(22-2)15(10-13)23-3/h4-5,10H,6-9,11-12H2,1-3H3,(H,18,21)/t17-/m1/s1. The first-order chi connectivity index (χ1) is 11.0. The lowest BCUT2D eigenvalue weighted by Gasteiger charge is -2.24. The average Bonchev–Trinajstić information content (AvgIpc) is 3.13. The van der Waals surface area contributed by atoms with Gasteiger partial charge >= 0.3 is 6.03 Å². The normalized spacial score (nSPS) is 24.2. The highest BCUT2D eigenvalue weighted by atomic mass is 16.5. The van der Waals surface area contributed by atoms with Gasteiger partial charge in [0.1, 0.15) is 0 Å². The number of amides is 2. The van der Waals surface area contributed by atoms with Gasteiger partial charge in [0.15, 0.2) is 11.5 Å². The third-order valence-electron chi connectivity index (χ3n) is 4.99. The molecule has 0 bridgehead atoms. The molecule has 2 heterocycles. The van der Waals surface area contributed by atoms with Gasteiger partial charge < -0.3 is 24.6 Å². The lowest BCUT2D eigenvalue weighted by Crippen LogP contribution is -2.36. The molecule has 23 heavy (non-hydrogen) atoms. The van der Waals surface area contributed by atoms with Gasteiger partial charge in [-0.3, -0.25) is 0 Å². The average molecular weight is 319 g/mol. The van der Waals surface area contributed by atoms with Crippen LogP contribution >= 0.6 is 0 Å². The quantitative estimate of drug-likeness (QED) is 0.928. The van der Waals surface area contributed by atoms with E-state index in [-0.39, 0.29) is 6.03 Å². The van der Waals surface area contributed by atoms with Crippen molar-refractivity contribution >= 4 is 11.7 Å². The first-order valence-electron chi connectivity index (χ1n) is 8.02. The van der Waals surface area contributed by atoms with Crippen molar-refractivity contribution in [3.05, 3.63) is 18.2 Å². The number of ether oxygens (including phenoxy) is 2. The third-order valence-corrected chi connectivity index (χ3v) is 4.99. The molecular weight excluding hydrogens is 294 g/mol. The van der Waals surface area contributed by atoms with Crippen LogP contribution in [0.5, 0.6) is 11.5 Å². The first kappa shape index (κ1) is 15.9. The van der Waals surface area contributed by atoms with Crippen LogP contribution in [0.1, 0.15) is 12.8 Å². The van der Waals surface area contributed by atoms with Crippen molar-refractivity contribution in [1.82, 2.24) is 9.80 Å². The fraction of sp³-hybridized carbons (Fsp3) is 0.588. The van der Waals surface area contributed by atoms with Gasteiger partial charge in [-0.05, 0) is 38.6 Å². The summed E-state index contributed by atoms with van der Waals surface area (Å²) in [6.45, 7) is 3.89. The minimum atomic E-state index is -0.0383. The van der Waals surface area contributed by atoms with E-state index in [2.05, 4.69) is 17.3 Å². The second kappa shape index (κ2) is 6.28. The Hall–Kier alpha value is -1.95. The largest absolute Gasteiger partial charge is 0.493 e. The molecule has 6 heteroatoms. The molecule has 1 aromatic carbocycles. The first-order valence-corrected chi connectivity index (χ1v) is 8.02. The lowest BCUT2D eigenvalue weighted by molar-refractivity contribution is 0.212. The number of likely N-dealkylation sites (tertiary alicyclic amines) is 2. The van der Waals surface area contributed by atoms with Gasteiger partial charge in [-0.15, -0.1) is 0 Å². The number of nitrogens with zero attached hydrogens (tertiary/aromatic N) is 2. The second-order valence-corrected chi connectivity index (χ2v) is 6.66. The molecule has 1 aromatic rings. The molecule has 0 radical (unpaired) electrons. The van der Waals surface area contributed by atoms with E-state index in [1.165, 1.54) is 6.42 Å². The number of nitrogens with one attached hydrogen (secondary N) is 1. The Balaban J connectivity index is 1.64. The number of hydrogen-bond donors (Lipinski definition) is 1. The van der Waals surface area contributed by atoms with E-state index in [9.17, 15) is 4.79 Å². The van der Waals surface area contributed by atoms with Crippen LogP contribution in [0.4, 0.5) is 10.5 Å². The molecule has 1 atom stereocenters. The Kier molecular flexibility index (Phi) is 4.35. The van der Waals surface area contributed by atoms with E-state index in [1.807, 2.05) is 11.0 Å². The lowest BCUT2D eigenvalue weighted by atomic mass is 9.86. The number of anilines is 1. The van der Waals surface area contributed by atoms with E-state index in [1.54, 1.807) is 26.4 Å². The summed E-state index contributed by atoms with van der Waals surface area (Å²) >= 11 is 0. The summed E-state index contributed by atoms with van der Waals surface area (Å²) in [5.41, 5.74) is 1.01. The summed E-state index contributed by atoms with van der Waals surface area (Å²) in [6.07, 6.45) is 2.28. The van der Waals surface area contributed by atoms with Gasteiger partial charge in [0, 0.05) is 36.8 Å². The van der Waals surface area contributed by atoms with Crippen molar-refractivity contribution < 1.29 is 14.3 Å². The Bertz CT molecular complexity index is 592. The van der Waals surface area contributed by atoms with Gasteiger partial charge in [0.2, 0.25) is 0 Å². The number of carbonyl (C=O) groups is 1. The van der Waals surface area contributed by atoms with E-state index in [0.29, 0.717) is 16.9 Å². The van der Waals surface area contributed by atoms with E-state index < -0.39 is 0 Å². The zero-order valence-corrected chi connectivity index (χ0v) is 14.1. The summed E-state index contributed by atoms with van der Waals surface area (Å²) in [5.74, 6) is 1.26. The van der Waals surface area contributed by atoms with E-state index in [0.717, 1.165) is 38.3 Å². The Labute approximate surface area is 137 Å². The molecule has 1 N–H and O–H groups in total. The highest BCUT2D eigenvalue weighted by Gasteiger charge is 2.43. The van der Waals surface area contributed by atoms with Crippen molar-refractivity contribution in [2.24, 2.45) is 5.41 Å². The van der Waals surface area contributed by atoms with E-state index >= 15 is 0 Å². The number of hydrogen-bond acceptors (Lipinski definition) is 4. The van der Waals surface area contributed by atoms with Crippen molar-refractivity contribution in [1.29, 1.82) is 0 Å². The summed E-state index contributed by atoms with van der Waals surface area (Å²) in [7, 11) is 5.34. The maximum absolute atomic E-state index is 12.5. The van der Waals surface area contributed by atoms with Crippen molar-refractivity contribution in [3.8, 4) is 11.5 Å². The topological polar surface area (TPSA) is 54.0 Å². The van der Waals surface area contributed by atoms with Gasteiger partial charge in [0.05, 0.1) is 14.2 Å². The van der Waals surface area contributed by atoms with Crippen LogP contribution in [-0.2, 0) is 0 Å². The van der Waals surface area contributed by atoms with Crippen LogP contribution in [0, 0.1) is 5.41 Å². The molecule has 0 saturated carbocycles. The molecule has 2 amide bonds. The van der Waals surface area contributed by atoms with Gasteiger partial charge in [0.25, 0.3) is 0 Å². The van der Waals surface area contributed by atoms with Crippen LogP contribution < -0.4 is 14.8 Å². The zero-order valence-electron chi connectivity index (χ0n) is 14.1. The molecule has 2 saturated heterocycles. The summed E-state index contributed by atoms with van der Waals surface area (Å²) in [5, 5.41) is 2.97. The zero-order chi connectivity index (χ0) is 16.4. The minimum absolute atomic E-state index is 0.0383. The van der Waals surface area contributed by atoms with Crippen LogP contribution in [0.15, 0.2) is 18.2 Å². The predicted molar refractivity (Wildman–Crippen MR) is 89.3 cm³/mol. The minimum Gasteiger partial charge on any atom is -0.493 e. The van der Waals surface area contributed by atoms with E-state index in [4.69, 9.17) is 9.47 Å². The molecule has 2 fully saturated rings. The Morgan fingerprint density at radius 1 is 1.13 bits per heavy atom. The molecule has 3 rings (SSSR count). The van der Waals surface area contributed by atoms with Crippen LogP contribution in [0.2, 0.25) is 0 Å². The summed E-state index contributed by atoms with van der Waals surface area (Å²) < 4.78 is 10.5. The predicted octanol–water partition coefficient (Wildman–Crippen LogP) is 2.26. The van der Waals surface area contributed by atoms with Crippen molar-refractivity contribution in [3.63, 3.8) is 0 Å². The molecule has 0 aromatic heterocycles. The molecule has 126 valence electrons. The number of benzene rings is 1. The van der Waals surface area contributed by atoms with Crippen LogP contribution in [0.25, 0.3) is 0 Å². The van der Waals surface area contributed by atoms with Gasteiger partial charge in [-0.2, -0.15) is 0 Å². The molecule has 2 aliphatic rings. The summed E-state index contributed by atoms with van der Waals surface area (Å²) in [4.78, 5) is 16.8. The molecule has 0 unspecified atom stereocenters. The highest BCUT2D eigenvalue weighted by molar-refractivity contribution is 5.90. The second-order valence-electron chi connectivity index (χ2n) is 6.66. The number of carbonyl (C=O) groups excluding carboxylic acids is 1. The maximum Gasteiger partial charge on any atom is 0.321 e. The Morgan fingerprint density at radius 3 is 2.52 bits per heavy atom. The SMILES string of the molecule is COc1ccc(NC(=O)N2CC[C@@]3(CCN(C)C3)C2)cc1OC. The van der Waals surface area contributed by atoms with Crippen molar-refractivity contribution in [2.45, 2.75) is 12.8 Å². The molecular formula is C17H25N3O3. The fourth-order valence-corrected chi connectivity index (χ4v) is 3.72. The molecule has 0 aliphatic carbocycles. The Morgan fingerprint density at radius 2 is 1.87 bits per heavy atom. The fourth-order valence-electron chi connectivity index (χ4n) is 3.72. The van der Waals surface area contributed by atoms with Gasteiger partial charge in [-0.1, -0.05) is 0 Å². The van der Waals surface area contributed by atoms with Crippen LogP contribution in [-0.4, -0.2) is 63.3 Å². The maximum atomic E-state index is 12.5. The van der Waals surface area contributed by atoms with Crippen molar-refractivity contribution in [2.75, 3.05) is 52.8 Å². The monoisotopic (exact) mass is 319 g/mol. The van der Waals surface area contributed by atoms with Gasteiger partial charge in [-0.25, -0.2) is 4.79 Å². The number of methoxy groups -OCH3 is 2. The number of rotatable bonds is 3. The number of urea groups is 1. The molecule has 1 spiro atoms. The third kappa shape index (κ3) is 3.22. The highest BCUT2D eigenvalue weighted by Crippen LogP contribution is 2.39. The molecule has 6 nitrogen and oxygen atoms in total. The summed E-state index contributed by atoms with van der Waals surface area (Å²) in [6, 6.07) is 5.37. The smallest absolute Gasteiger partial charge is 0.321 e. The molecule has 2 aliphatic heterocycles.